The number of benzene rings is 1. The summed E-state index contributed by atoms with van der Waals surface area (Å²) < 4.78 is 1.77. The van der Waals surface area contributed by atoms with Gasteiger partial charge in [-0.3, -0.25) is 29.4 Å². The Morgan fingerprint density at radius 2 is 1.78 bits per heavy atom. The third kappa shape index (κ3) is 7.09. The lowest BCUT2D eigenvalue weighted by atomic mass is 9.68. The number of hydrogen-bond donors (Lipinski definition) is 2. The van der Waals surface area contributed by atoms with Crippen molar-refractivity contribution in [3.8, 4) is 23.5 Å². The molecule has 1 saturated heterocycles. The van der Waals surface area contributed by atoms with Crippen molar-refractivity contribution in [2.45, 2.75) is 82.6 Å². The number of imide groups is 1. The quantitative estimate of drug-likeness (QED) is 0.180. The first kappa shape index (κ1) is 33.3. The van der Waals surface area contributed by atoms with E-state index in [1.165, 1.54) is 0 Å². The molecule has 1 spiro atoms. The molecule has 4 heterocycles. The first-order valence-electron chi connectivity index (χ1n) is 17.7. The molecule has 4 aromatic rings. The van der Waals surface area contributed by atoms with Gasteiger partial charge >= 0.3 is 0 Å². The summed E-state index contributed by atoms with van der Waals surface area (Å²) >= 11 is 0. The molecular formula is C40H43N7O3. The lowest BCUT2D eigenvalue weighted by Crippen LogP contribution is -2.35. The normalized spacial score (nSPS) is 24.0. The Bertz CT molecular complexity index is 1900. The standard InChI is InChI=1S/C40H43N7O3/c1-3-28-22-42-34(45-37(28)30-15-17-40(18-16-30)20-35(48)46-39(40)50)19-26-9-11-29(12-10-26)36(38(49)43-21-27-7-5-4-6-8-27)33-14-13-31(23-41-33)32-24-44-47(2)25-32/h1,4-8,13-14,22-26,29-30,36H,9-12,15-21H2,2H3,(H,43,49)(H,46,48,50). The van der Waals surface area contributed by atoms with E-state index in [1.807, 2.05) is 68.1 Å². The summed E-state index contributed by atoms with van der Waals surface area (Å²) in [5.41, 5.74) is 4.83. The van der Waals surface area contributed by atoms with Crippen LogP contribution in [0.3, 0.4) is 0 Å². The topological polar surface area (TPSA) is 132 Å². The molecule has 3 aliphatic rings. The van der Waals surface area contributed by atoms with E-state index in [0.29, 0.717) is 30.9 Å². The summed E-state index contributed by atoms with van der Waals surface area (Å²) in [5.74, 6) is 3.60. The maximum Gasteiger partial charge on any atom is 0.233 e. The van der Waals surface area contributed by atoms with Gasteiger partial charge in [-0.25, -0.2) is 9.97 Å². The van der Waals surface area contributed by atoms with Crippen LogP contribution in [0.15, 0.2) is 67.3 Å². The molecule has 2 N–H and O–H groups in total. The maximum atomic E-state index is 13.9. The van der Waals surface area contributed by atoms with Gasteiger partial charge in [0.05, 0.1) is 34.5 Å². The molecule has 3 amide bonds. The van der Waals surface area contributed by atoms with Gasteiger partial charge < -0.3 is 5.32 Å². The number of aryl methyl sites for hydroxylation is 1. The smallest absolute Gasteiger partial charge is 0.233 e. The van der Waals surface area contributed by atoms with Crippen LogP contribution >= 0.6 is 0 Å². The van der Waals surface area contributed by atoms with Crippen LogP contribution in [0.5, 0.6) is 0 Å². The maximum absolute atomic E-state index is 13.9. The van der Waals surface area contributed by atoms with Crippen molar-refractivity contribution in [1.82, 2.24) is 35.4 Å². The fraction of sp³-hybridized carbons (Fsp3) is 0.425. The minimum absolute atomic E-state index is 0.00509. The van der Waals surface area contributed by atoms with E-state index in [9.17, 15) is 14.4 Å². The molecule has 2 saturated carbocycles. The number of amides is 3. The number of aromatic nitrogens is 5. The molecule has 0 bridgehead atoms. The number of rotatable bonds is 9. The Kier molecular flexibility index (Phi) is 9.57. The van der Waals surface area contributed by atoms with E-state index < -0.39 is 5.41 Å². The van der Waals surface area contributed by atoms with Crippen LogP contribution in [0, 0.1) is 29.6 Å². The number of pyridine rings is 1. The molecule has 10 nitrogen and oxygen atoms in total. The zero-order chi connectivity index (χ0) is 34.7. The van der Waals surface area contributed by atoms with Crippen molar-refractivity contribution in [3.05, 3.63) is 95.6 Å². The third-order valence-corrected chi connectivity index (χ3v) is 11.2. The Morgan fingerprint density at radius 1 is 1.00 bits per heavy atom. The van der Waals surface area contributed by atoms with Gasteiger partial charge in [0.25, 0.3) is 0 Å². The van der Waals surface area contributed by atoms with Crippen LogP contribution in [0.1, 0.15) is 98.0 Å². The third-order valence-electron chi connectivity index (χ3n) is 11.2. The number of terminal acetylenes is 1. The summed E-state index contributed by atoms with van der Waals surface area (Å²) in [6.45, 7) is 0.472. The van der Waals surface area contributed by atoms with Crippen molar-refractivity contribution < 1.29 is 14.4 Å². The monoisotopic (exact) mass is 669 g/mol. The molecule has 2 aliphatic carbocycles. The Hall–Kier alpha value is -5.17. The fourth-order valence-electron chi connectivity index (χ4n) is 8.29. The SMILES string of the molecule is C#Cc1cnc(CC2CCC(C(C(=O)NCc3ccccc3)c3ccc(-c4cnn(C)c4)cn3)CC2)nc1C1CCC2(CC1)CC(=O)NC2=O. The van der Waals surface area contributed by atoms with Gasteiger partial charge in [0.15, 0.2) is 0 Å². The highest BCUT2D eigenvalue weighted by Gasteiger charge is 2.48. The first-order valence-corrected chi connectivity index (χ1v) is 17.7. The molecule has 3 fully saturated rings. The van der Waals surface area contributed by atoms with Gasteiger partial charge in [0.2, 0.25) is 17.7 Å². The molecule has 256 valence electrons. The first-order chi connectivity index (χ1) is 24.3. The molecule has 50 heavy (non-hydrogen) atoms. The number of hydrogen-bond acceptors (Lipinski definition) is 7. The highest BCUT2D eigenvalue weighted by molar-refractivity contribution is 6.05. The number of nitrogens with zero attached hydrogens (tertiary/aromatic N) is 5. The molecule has 0 radical (unpaired) electrons. The predicted octanol–water partition coefficient (Wildman–Crippen LogP) is 5.39. The van der Waals surface area contributed by atoms with Crippen LogP contribution < -0.4 is 10.6 Å². The predicted molar refractivity (Wildman–Crippen MR) is 188 cm³/mol. The van der Waals surface area contributed by atoms with Crippen molar-refractivity contribution in [3.63, 3.8) is 0 Å². The van der Waals surface area contributed by atoms with Gasteiger partial charge in [-0.15, -0.1) is 6.42 Å². The summed E-state index contributed by atoms with van der Waals surface area (Å²) in [6.07, 6.45) is 20.9. The van der Waals surface area contributed by atoms with Gasteiger partial charge in [0.1, 0.15) is 5.82 Å². The van der Waals surface area contributed by atoms with Crippen LogP contribution in [-0.4, -0.2) is 42.5 Å². The van der Waals surface area contributed by atoms with E-state index in [-0.39, 0.29) is 41.9 Å². The average molecular weight is 670 g/mol. The number of nitrogens with one attached hydrogen (secondary N) is 2. The van der Waals surface area contributed by atoms with Crippen molar-refractivity contribution in [1.29, 1.82) is 0 Å². The zero-order valence-corrected chi connectivity index (χ0v) is 28.5. The Morgan fingerprint density at radius 3 is 2.42 bits per heavy atom. The number of carbonyl (C=O) groups is 3. The van der Waals surface area contributed by atoms with Crippen molar-refractivity contribution >= 4 is 17.7 Å². The molecule has 3 aromatic heterocycles. The van der Waals surface area contributed by atoms with Crippen molar-refractivity contribution in [2.75, 3.05) is 0 Å². The minimum Gasteiger partial charge on any atom is -0.351 e. The Balaban J connectivity index is 1.02. The largest absolute Gasteiger partial charge is 0.351 e. The lowest BCUT2D eigenvalue weighted by Gasteiger charge is -2.34. The summed E-state index contributed by atoms with van der Waals surface area (Å²) in [6, 6.07) is 14.0. The Labute approximate surface area is 292 Å². The molecular weight excluding hydrogens is 626 g/mol. The fourth-order valence-corrected chi connectivity index (χ4v) is 8.29. The van der Waals surface area contributed by atoms with Crippen molar-refractivity contribution in [2.24, 2.45) is 24.3 Å². The molecule has 1 aliphatic heterocycles. The molecule has 7 rings (SSSR count). The van der Waals surface area contributed by atoms with Gasteiger partial charge in [-0.05, 0) is 74.8 Å². The van der Waals surface area contributed by atoms with E-state index >= 15 is 0 Å². The van der Waals surface area contributed by atoms with Crippen LogP contribution in [0.4, 0.5) is 0 Å². The van der Waals surface area contributed by atoms with Crippen LogP contribution in [0.2, 0.25) is 0 Å². The van der Waals surface area contributed by atoms with E-state index in [4.69, 9.17) is 16.4 Å². The van der Waals surface area contributed by atoms with Gasteiger partial charge in [0, 0.05) is 62.1 Å². The summed E-state index contributed by atoms with van der Waals surface area (Å²) in [5, 5.41) is 9.97. The highest BCUT2D eigenvalue weighted by Crippen LogP contribution is 2.47. The average Bonchev–Trinajstić information content (AvgIpc) is 3.70. The van der Waals surface area contributed by atoms with Gasteiger partial charge in [-0.2, -0.15) is 5.10 Å². The molecule has 1 unspecified atom stereocenters. The zero-order valence-electron chi connectivity index (χ0n) is 28.5. The van der Waals surface area contributed by atoms with Crippen LogP contribution in [-0.2, 0) is 34.4 Å². The minimum atomic E-state index is -0.578. The second kappa shape index (κ2) is 14.4. The van der Waals surface area contributed by atoms with E-state index in [0.717, 1.165) is 78.8 Å². The van der Waals surface area contributed by atoms with E-state index in [1.54, 1.807) is 10.9 Å². The summed E-state index contributed by atoms with van der Waals surface area (Å²) in [7, 11) is 1.89. The lowest BCUT2D eigenvalue weighted by molar-refractivity contribution is -0.130. The molecule has 1 aromatic carbocycles. The van der Waals surface area contributed by atoms with E-state index in [2.05, 4.69) is 26.6 Å². The van der Waals surface area contributed by atoms with Gasteiger partial charge in [-0.1, -0.05) is 42.3 Å². The van der Waals surface area contributed by atoms with Crippen LogP contribution in [0.25, 0.3) is 11.1 Å². The summed E-state index contributed by atoms with van der Waals surface area (Å²) in [4.78, 5) is 52.8. The second-order valence-corrected chi connectivity index (χ2v) is 14.4. The molecule has 10 heteroatoms. The number of carbonyl (C=O) groups excluding carboxylic acids is 3. The second-order valence-electron chi connectivity index (χ2n) is 14.4. The highest BCUT2D eigenvalue weighted by atomic mass is 16.2. The molecule has 1 atom stereocenters.